The molecule has 34 heavy (non-hydrogen) atoms. The fourth-order valence-corrected chi connectivity index (χ4v) is 3.91. The SMILES string of the molecule is C=O.CCCCCC(C)=Nc1cc(C)c2c(Nc3cccnc3O[C@H]3CCOC3)ncnc2c1. The summed E-state index contributed by atoms with van der Waals surface area (Å²) in [6, 6.07) is 7.94. The van der Waals surface area contributed by atoms with Gasteiger partial charge in [0.25, 0.3) is 0 Å². The van der Waals surface area contributed by atoms with E-state index in [0.717, 1.165) is 58.8 Å². The number of nitrogens with one attached hydrogen (secondary N) is 1. The molecule has 0 unspecified atom stereocenters. The van der Waals surface area contributed by atoms with Gasteiger partial charge in [0.05, 0.1) is 24.4 Å². The average molecular weight is 464 g/mol. The summed E-state index contributed by atoms with van der Waals surface area (Å²) < 4.78 is 11.5. The van der Waals surface area contributed by atoms with Crippen molar-refractivity contribution in [2.24, 2.45) is 4.99 Å². The summed E-state index contributed by atoms with van der Waals surface area (Å²) in [6.07, 6.45) is 8.85. The molecule has 0 radical (unpaired) electrons. The van der Waals surface area contributed by atoms with Crippen LogP contribution >= 0.6 is 0 Å². The third-order valence-electron chi connectivity index (χ3n) is 5.57. The maximum atomic E-state index is 8.00. The lowest BCUT2D eigenvalue weighted by atomic mass is 10.1. The van der Waals surface area contributed by atoms with Gasteiger partial charge in [0, 0.05) is 23.7 Å². The molecule has 0 saturated carbocycles. The Morgan fingerprint density at radius 2 is 2.12 bits per heavy atom. The first-order chi connectivity index (χ1) is 16.6. The van der Waals surface area contributed by atoms with Crippen molar-refractivity contribution in [1.29, 1.82) is 0 Å². The van der Waals surface area contributed by atoms with Gasteiger partial charge in [0.2, 0.25) is 5.88 Å². The van der Waals surface area contributed by atoms with Crippen LogP contribution in [0.15, 0.2) is 41.8 Å². The normalized spacial score (nSPS) is 15.6. The first kappa shape index (κ1) is 25.2. The molecule has 1 fully saturated rings. The molecule has 3 heterocycles. The van der Waals surface area contributed by atoms with E-state index in [1.165, 1.54) is 19.3 Å². The van der Waals surface area contributed by atoms with E-state index in [9.17, 15) is 0 Å². The van der Waals surface area contributed by atoms with Gasteiger partial charge in [0.15, 0.2) is 0 Å². The number of aryl methyl sites for hydroxylation is 1. The average Bonchev–Trinajstić information content (AvgIpc) is 3.35. The van der Waals surface area contributed by atoms with Crippen LogP contribution < -0.4 is 10.1 Å². The number of hydrogen-bond acceptors (Lipinski definition) is 8. The third-order valence-corrected chi connectivity index (χ3v) is 5.57. The van der Waals surface area contributed by atoms with Gasteiger partial charge in [-0.25, -0.2) is 15.0 Å². The summed E-state index contributed by atoms with van der Waals surface area (Å²) in [5, 5.41) is 4.38. The Morgan fingerprint density at radius 3 is 2.88 bits per heavy atom. The van der Waals surface area contributed by atoms with E-state index in [2.05, 4.69) is 47.1 Å². The molecular formula is C26H33N5O3. The maximum Gasteiger partial charge on any atom is 0.238 e. The quantitative estimate of drug-likeness (QED) is 0.319. The highest BCUT2D eigenvalue weighted by atomic mass is 16.5. The van der Waals surface area contributed by atoms with Gasteiger partial charge < -0.3 is 19.6 Å². The number of ether oxygens (including phenoxy) is 2. The number of anilines is 2. The molecule has 0 bridgehead atoms. The van der Waals surface area contributed by atoms with Gasteiger partial charge >= 0.3 is 0 Å². The van der Waals surface area contributed by atoms with E-state index in [1.807, 2.05) is 25.0 Å². The van der Waals surface area contributed by atoms with Crippen molar-refractivity contribution in [1.82, 2.24) is 15.0 Å². The summed E-state index contributed by atoms with van der Waals surface area (Å²) in [6.45, 7) is 9.69. The second kappa shape index (κ2) is 12.7. The fourth-order valence-electron chi connectivity index (χ4n) is 3.91. The Kier molecular flexibility index (Phi) is 9.46. The zero-order valence-corrected chi connectivity index (χ0v) is 20.2. The second-order valence-electron chi connectivity index (χ2n) is 8.27. The Morgan fingerprint density at radius 1 is 1.26 bits per heavy atom. The van der Waals surface area contributed by atoms with Crippen LogP contribution in [0.2, 0.25) is 0 Å². The van der Waals surface area contributed by atoms with Crippen molar-refractivity contribution in [3.8, 4) is 5.88 Å². The van der Waals surface area contributed by atoms with E-state index in [4.69, 9.17) is 19.3 Å². The topological polar surface area (TPSA) is 98.6 Å². The zero-order chi connectivity index (χ0) is 24.3. The standard InChI is InChI=1S/C25H31N5O2.CH2O/c1-4-5-6-8-18(3)29-19-13-17(2)23-22(14-19)27-16-28-24(23)30-21-9-7-11-26-25(21)32-20-10-12-31-15-20;1-2/h7,9,11,13-14,16,20H,4-6,8,10,12,15H2,1-3H3,(H,27,28,30);1H2/t20-;/m0./s1. The van der Waals surface area contributed by atoms with Gasteiger partial charge in [-0.15, -0.1) is 0 Å². The molecule has 1 N–H and O–H groups in total. The molecule has 180 valence electrons. The predicted molar refractivity (Wildman–Crippen MR) is 136 cm³/mol. The Balaban J connectivity index is 0.00000158. The highest BCUT2D eigenvalue weighted by Gasteiger charge is 2.20. The summed E-state index contributed by atoms with van der Waals surface area (Å²) >= 11 is 0. The van der Waals surface area contributed by atoms with E-state index in [-0.39, 0.29) is 6.10 Å². The first-order valence-corrected chi connectivity index (χ1v) is 11.7. The zero-order valence-electron chi connectivity index (χ0n) is 20.2. The van der Waals surface area contributed by atoms with Gasteiger partial charge in [-0.3, -0.25) is 4.99 Å². The minimum atomic E-state index is 0.0234. The lowest BCUT2D eigenvalue weighted by Crippen LogP contribution is -2.17. The minimum Gasteiger partial charge on any atom is -0.470 e. The Labute approximate surface area is 200 Å². The largest absolute Gasteiger partial charge is 0.470 e. The third kappa shape index (κ3) is 6.57. The molecule has 0 spiro atoms. The molecule has 1 aromatic carbocycles. The fraction of sp³-hybridized carbons (Fsp3) is 0.423. The first-order valence-electron chi connectivity index (χ1n) is 11.7. The molecule has 1 saturated heterocycles. The van der Waals surface area contributed by atoms with Crippen molar-refractivity contribution in [3.05, 3.63) is 42.4 Å². The van der Waals surface area contributed by atoms with Crippen LogP contribution in [-0.2, 0) is 9.53 Å². The number of aromatic nitrogens is 3. The van der Waals surface area contributed by atoms with Gasteiger partial charge in [-0.2, -0.15) is 0 Å². The molecule has 4 rings (SSSR count). The second-order valence-corrected chi connectivity index (χ2v) is 8.27. The van der Waals surface area contributed by atoms with E-state index < -0.39 is 0 Å². The molecule has 8 nitrogen and oxygen atoms in total. The molecule has 2 aromatic heterocycles. The molecule has 1 atom stereocenters. The Bertz CT molecular complexity index is 1110. The summed E-state index contributed by atoms with van der Waals surface area (Å²) in [4.78, 5) is 26.3. The molecule has 3 aromatic rings. The highest BCUT2D eigenvalue weighted by Crippen LogP contribution is 2.33. The van der Waals surface area contributed by atoms with Crippen LogP contribution in [0, 0.1) is 6.92 Å². The number of carbonyl (C=O) groups is 1. The molecular weight excluding hydrogens is 430 g/mol. The Hall–Kier alpha value is -3.39. The van der Waals surface area contributed by atoms with Gasteiger partial charge in [0.1, 0.15) is 30.7 Å². The maximum absolute atomic E-state index is 8.00. The van der Waals surface area contributed by atoms with Crippen LogP contribution in [0.25, 0.3) is 10.9 Å². The summed E-state index contributed by atoms with van der Waals surface area (Å²) in [7, 11) is 0. The van der Waals surface area contributed by atoms with E-state index >= 15 is 0 Å². The molecule has 1 aliphatic rings. The molecule has 1 aliphatic heterocycles. The van der Waals surface area contributed by atoms with Crippen LogP contribution in [0.4, 0.5) is 17.2 Å². The number of rotatable bonds is 9. The van der Waals surface area contributed by atoms with Crippen LogP contribution in [-0.4, -0.2) is 46.8 Å². The number of benzene rings is 1. The lowest BCUT2D eigenvalue weighted by Gasteiger charge is -2.16. The summed E-state index contributed by atoms with van der Waals surface area (Å²) in [5.74, 6) is 1.28. The van der Waals surface area contributed by atoms with Crippen LogP contribution in [0.5, 0.6) is 5.88 Å². The minimum absolute atomic E-state index is 0.0234. The van der Waals surface area contributed by atoms with Crippen LogP contribution in [0.3, 0.4) is 0 Å². The smallest absolute Gasteiger partial charge is 0.238 e. The van der Waals surface area contributed by atoms with Gasteiger partial charge in [-0.05, 0) is 56.5 Å². The van der Waals surface area contributed by atoms with Crippen molar-refractivity contribution >= 4 is 40.6 Å². The molecule has 0 amide bonds. The lowest BCUT2D eigenvalue weighted by molar-refractivity contribution is -0.0979. The monoisotopic (exact) mass is 463 g/mol. The number of unbranched alkanes of at least 4 members (excludes halogenated alkanes) is 2. The van der Waals surface area contributed by atoms with Crippen molar-refractivity contribution in [2.75, 3.05) is 18.5 Å². The van der Waals surface area contributed by atoms with Crippen molar-refractivity contribution in [3.63, 3.8) is 0 Å². The van der Waals surface area contributed by atoms with Crippen LogP contribution in [0.1, 0.15) is 51.5 Å². The summed E-state index contributed by atoms with van der Waals surface area (Å²) in [5.41, 5.74) is 4.78. The number of fused-ring (bicyclic) bond motifs is 1. The number of pyridine rings is 1. The predicted octanol–water partition coefficient (Wildman–Crippen LogP) is 5.73. The van der Waals surface area contributed by atoms with Gasteiger partial charge in [-0.1, -0.05) is 19.8 Å². The van der Waals surface area contributed by atoms with Crippen molar-refractivity contribution in [2.45, 2.75) is 59.0 Å². The number of hydrogen-bond donors (Lipinski definition) is 1. The number of aliphatic imine (C=N–C) groups is 1. The van der Waals surface area contributed by atoms with E-state index in [0.29, 0.717) is 12.5 Å². The highest BCUT2D eigenvalue weighted by molar-refractivity contribution is 5.96. The van der Waals surface area contributed by atoms with E-state index in [1.54, 1.807) is 12.5 Å². The molecule has 8 heteroatoms. The van der Waals surface area contributed by atoms with Crippen molar-refractivity contribution < 1.29 is 14.3 Å². The number of carbonyl (C=O) groups excluding carboxylic acids is 1. The number of nitrogens with zero attached hydrogens (tertiary/aromatic N) is 4. The molecule has 0 aliphatic carbocycles.